The van der Waals surface area contributed by atoms with E-state index >= 15 is 0 Å². The van der Waals surface area contributed by atoms with Crippen LogP contribution < -0.4 is 4.74 Å². The number of nitrogens with zero attached hydrogens (tertiary/aromatic N) is 1. The van der Waals surface area contributed by atoms with Gasteiger partial charge in [-0.2, -0.15) is 0 Å². The molecule has 1 fully saturated rings. The lowest BCUT2D eigenvalue weighted by Crippen LogP contribution is -2.40. The molecule has 0 bridgehead atoms. The van der Waals surface area contributed by atoms with E-state index < -0.39 is 0 Å². The third kappa shape index (κ3) is 4.48. The van der Waals surface area contributed by atoms with E-state index in [1.165, 1.54) is 24.3 Å². The average Bonchev–Trinajstić information content (AvgIpc) is 2.67. The first-order valence-corrected chi connectivity index (χ1v) is 8.84. The van der Waals surface area contributed by atoms with Gasteiger partial charge in [-0.1, -0.05) is 6.92 Å². The Bertz CT molecular complexity index is 763. The van der Waals surface area contributed by atoms with Crippen LogP contribution in [-0.4, -0.2) is 36.3 Å². The second kappa shape index (κ2) is 8.13. The van der Waals surface area contributed by atoms with Crippen LogP contribution in [0, 0.1) is 11.7 Å². The molecule has 1 saturated heterocycles. The fourth-order valence-corrected chi connectivity index (χ4v) is 2.96. The first kappa shape index (κ1) is 18.1. The average molecular weight is 355 g/mol. The Hall–Kier alpha value is -2.69. The van der Waals surface area contributed by atoms with Crippen molar-refractivity contribution in [3.05, 3.63) is 65.5 Å². The SMILES string of the molecule is CC1CCN(C(=O)COc2ccc(C(=O)c3ccc(F)cc3)cc2)CC1. The van der Waals surface area contributed by atoms with E-state index in [2.05, 4.69) is 6.92 Å². The molecular weight excluding hydrogens is 333 g/mol. The van der Waals surface area contributed by atoms with E-state index in [1.54, 1.807) is 24.3 Å². The minimum Gasteiger partial charge on any atom is -0.484 e. The van der Waals surface area contributed by atoms with Gasteiger partial charge in [0.1, 0.15) is 11.6 Å². The van der Waals surface area contributed by atoms with Crippen molar-refractivity contribution in [3.8, 4) is 5.75 Å². The van der Waals surface area contributed by atoms with Crippen LogP contribution in [0.2, 0.25) is 0 Å². The molecule has 0 spiro atoms. The molecule has 2 aromatic rings. The molecule has 0 unspecified atom stereocenters. The summed E-state index contributed by atoms with van der Waals surface area (Å²) in [5, 5.41) is 0. The predicted molar refractivity (Wildman–Crippen MR) is 96.7 cm³/mol. The zero-order valence-corrected chi connectivity index (χ0v) is 14.8. The normalized spacial score (nSPS) is 14.9. The number of benzene rings is 2. The molecule has 2 aromatic carbocycles. The third-order valence-corrected chi connectivity index (χ3v) is 4.72. The van der Waals surface area contributed by atoms with Gasteiger partial charge in [-0.25, -0.2) is 4.39 Å². The molecule has 4 nitrogen and oxygen atoms in total. The Morgan fingerprint density at radius 2 is 1.54 bits per heavy atom. The van der Waals surface area contributed by atoms with E-state index in [-0.39, 0.29) is 24.1 Å². The Morgan fingerprint density at radius 1 is 1.00 bits per heavy atom. The van der Waals surface area contributed by atoms with Crippen LogP contribution in [0.4, 0.5) is 4.39 Å². The van der Waals surface area contributed by atoms with Crippen molar-refractivity contribution in [3.63, 3.8) is 0 Å². The minimum atomic E-state index is -0.377. The van der Waals surface area contributed by atoms with Crippen LogP contribution in [-0.2, 0) is 4.79 Å². The highest BCUT2D eigenvalue weighted by molar-refractivity contribution is 6.09. The van der Waals surface area contributed by atoms with E-state index in [9.17, 15) is 14.0 Å². The number of rotatable bonds is 5. The van der Waals surface area contributed by atoms with Gasteiger partial charge < -0.3 is 9.64 Å². The number of hydrogen-bond donors (Lipinski definition) is 0. The second-order valence-electron chi connectivity index (χ2n) is 6.71. The Morgan fingerprint density at radius 3 is 2.12 bits per heavy atom. The summed E-state index contributed by atoms with van der Waals surface area (Å²) in [4.78, 5) is 26.4. The predicted octanol–water partition coefficient (Wildman–Crippen LogP) is 3.69. The van der Waals surface area contributed by atoms with E-state index in [4.69, 9.17) is 4.74 Å². The van der Waals surface area contributed by atoms with Crippen molar-refractivity contribution < 1.29 is 18.7 Å². The first-order valence-electron chi connectivity index (χ1n) is 8.84. The number of ketones is 1. The fraction of sp³-hybridized carbons (Fsp3) is 0.333. The van der Waals surface area contributed by atoms with Crippen LogP contribution >= 0.6 is 0 Å². The maximum absolute atomic E-state index is 13.0. The van der Waals surface area contributed by atoms with Gasteiger partial charge in [0, 0.05) is 24.2 Å². The number of ether oxygens (including phenoxy) is 1. The van der Waals surface area contributed by atoms with Gasteiger partial charge in [0.2, 0.25) is 0 Å². The number of amides is 1. The highest BCUT2D eigenvalue weighted by atomic mass is 19.1. The zero-order chi connectivity index (χ0) is 18.5. The van der Waals surface area contributed by atoms with Gasteiger partial charge in [-0.15, -0.1) is 0 Å². The molecule has 0 N–H and O–H groups in total. The smallest absolute Gasteiger partial charge is 0.260 e. The maximum Gasteiger partial charge on any atom is 0.260 e. The lowest BCUT2D eigenvalue weighted by Gasteiger charge is -2.30. The quantitative estimate of drug-likeness (QED) is 0.769. The fourth-order valence-electron chi connectivity index (χ4n) is 2.96. The molecular formula is C21H22FNO3. The summed E-state index contributed by atoms with van der Waals surface area (Å²) in [6.45, 7) is 3.77. The molecule has 26 heavy (non-hydrogen) atoms. The summed E-state index contributed by atoms with van der Waals surface area (Å²) in [5.74, 6) is 0.641. The molecule has 1 heterocycles. The number of halogens is 1. The second-order valence-corrected chi connectivity index (χ2v) is 6.71. The van der Waals surface area contributed by atoms with Crippen molar-refractivity contribution >= 4 is 11.7 Å². The van der Waals surface area contributed by atoms with Gasteiger partial charge in [0.15, 0.2) is 12.4 Å². The summed E-state index contributed by atoms with van der Waals surface area (Å²) in [7, 11) is 0. The van der Waals surface area contributed by atoms with Gasteiger partial charge in [0.25, 0.3) is 5.91 Å². The van der Waals surface area contributed by atoms with Crippen LogP contribution in [0.1, 0.15) is 35.7 Å². The van der Waals surface area contributed by atoms with Crippen LogP contribution in [0.25, 0.3) is 0 Å². The highest BCUT2D eigenvalue weighted by Crippen LogP contribution is 2.18. The number of likely N-dealkylation sites (tertiary alicyclic amines) is 1. The minimum absolute atomic E-state index is 0.000361. The summed E-state index contributed by atoms with van der Waals surface area (Å²) in [6.07, 6.45) is 2.07. The molecule has 1 aliphatic rings. The van der Waals surface area contributed by atoms with Crippen molar-refractivity contribution in [2.24, 2.45) is 5.92 Å². The molecule has 0 radical (unpaired) electrons. The molecule has 0 aromatic heterocycles. The molecule has 1 aliphatic heterocycles. The Balaban J connectivity index is 1.55. The highest BCUT2D eigenvalue weighted by Gasteiger charge is 2.20. The zero-order valence-electron chi connectivity index (χ0n) is 14.8. The first-order chi connectivity index (χ1) is 12.5. The van der Waals surface area contributed by atoms with Crippen LogP contribution in [0.5, 0.6) is 5.75 Å². The molecule has 0 atom stereocenters. The summed E-state index contributed by atoms with van der Waals surface area (Å²) in [5.41, 5.74) is 0.912. The summed E-state index contributed by atoms with van der Waals surface area (Å²) >= 11 is 0. The molecule has 0 aliphatic carbocycles. The third-order valence-electron chi connectivity index (χ3n) is 4.72. The van der Waals surface area contributed by atoms with Crippen molar-refractivity contribution in [2.45, 2.75) is 19.8 Å². The lowest BCUT2D eigenvalue weighted by atomic mass is 9.99. The summed E-state index contributed by atoms with van der Waals surface area (Å²) < 4.78 is 18.5. The maximum atomic E-state index is 13.0. The van der Waals surface area contributed by atoms with Crippen molar-refractivity contribution in [2.75, 3.05) is 19.7 Å². The van der Waals surface area contributed by atoms with Gasteiger partial charge in [0.05, 0.1) is 0 Å². The number of carbonyl (C=O) groups is 2. The number of hydrogen-bond acceptors (Lipinski definition) is 3. The molecule has 5 heteroatoms. The summed E-state index contributed by atoms with van der Waals surface area (Å²) in [6, 6.07) is 12.1. The number of carbonyl (C=O) groups excluding carboxylic acids is 2. The Kier molecular flexibility index (Phi) is 5.66. The van der Waals surface area contributed by atoms with Gasteiger partial charge in [-0.05, 0) is 67.3 Å². The molecule has 1 amide bonds. The molecule has 136 valence electrons. The van der Waals surface area contributed by atoms with E-state index in [1.807, 2.05) is 4.90 Å². The van der Waals surface area contributed by atoms with E-state index in [0.29, 0.717) is 22.8 Å². The van der Waals surface area contributed by atoms with Gasteiger partial charge in [-0.3, -0.25) is 9.59 Å². The van der Waals surface area contributed by atoms with Crippen molar-refractivity contribution in [1.29, 1.82) is 0 Å². The van der Waals surface area contributed by atoms with Gasteiger partial charge >= 0.3 is 0 Å². The van der Waals surface area contributed by atoms with Crippen LogP contribution in [0.3, 0.4) is 0 Å². The van der Waals surface area contributed by atoms with Crippen molar-refractivity contribution in [1.82, 2.24) is 4.90 Å². The van der Waals surface area contributed by atoms with E-state index in [0.717, 1.165) is 25.9 Å². The molecule has 0 saturated carbocycles. The topological polar surface area (TPSA) is 46.6 Å². The van der Waals surface area contributed by atoms with Crippen LogP contribution in [0.15, 0.2) is 48.5 Å². The largest absolute Gasteiger partial charge is 0.484 e. The molecule has 3 rings (SSSR count). The lowest BCUT2D eigenvalue weighted by molar-refractivity contribution is -0.134. The monoisotopic (exact) mass is 355 g/mol. The Labute approximate surface area is 152 Å². The number of piperidine rings is 1. The standard InChI is InChI=1S/C21H22FNO3/c1-15-10-12-23(13-11-15)20(24)14-26-19-8-4-17(5-9-19)21(25)16-2-6-18(22)7-3-16/h2-9,15H,10-14H2,1H3.